The maximum absolute atomic E-state index is 12.2. The Kier molecular flexibility index (Phi) is 3.95. The number of phenols is 1. The van der Waals surface area contributed by atoms with Crippen molar-refractivity contribution < 1.29 is 9.90 Å². The molecule has 0 radical (unpaired) electrons. The van der Waals surface area contributed by atoms with E-state index in [1.807, 2.05) is 30.5 Å². The van der Waals surface area contributed by atoms with Crippen molar-refractivity contribution >= 4 is 5.91 Å². The van der Waals surface area contributed by atoms with Gasteiger partial charge < -0.3 is 15.0 Å². The molecule has 2 N–H and O–H groups in total. The van der Waals surface area contributed by atoms with Crippen LogP contribution in [0.2, 0.25) is 0 Å². The molecular weight excluding hydrogens is 264 g/mol. The lowest BCUT2D eigenvalue weighted by atomic mass is 9.93. The first-order chi connectivity index (χ1) is 10.2. The van der Waals surface area contributed by atoms with Crippen LogP contribution >= 0.6 is 0 Å². The van der Waals surface area contributed by atoms with E-state index in [1.165, 1.54) is 19.3 Å². The minimum Gasteiger partial charge on any atom is -0.508 e. The van der Waals surface area contributed by atoms with E-state index in [9.17, 15) is 9.90 Å². The van der Waals surface area contributed by atoms with E-state index in [1.54, 1.807) is 12.1 Å². The first-order valence-corrected chi connectivity index (χ1v) is 7.47. The van der Waals surface area contributed by atoms with Gasteiger partial charge in [0, 0.05) is 18.8 Å². The number of hydrogen-bond donors (Lipinski definition) is 2. The van der Waals surface area contributed by atoms with E-state index >= 15 is 0 Å². The fourth-order valence-corrected chi connectivity index (χ4v) is 2.64. The summed E-state index contributed by atoms with van der Waals surface area (Å²) >= 11 is 0. The molecule has 1 aromatic heterocycles. The van der Waals surface area contributed by atoms with Crippen LogP contribution in [0, 0.1) is 0 Å². The Morgan fingerprint density at radius 1 is 1.24 bits per heavy atom. The third-order valence-corrected chi connectivity index (χ3v) is 4.12. The molecule has 1 fully saturated rings. The number of aromatic nitrogens is 1. The van der Waals surface area contributed by atoms with Gasteiger partial charge in [0.1, 0.15) is 11.4 Å². The summed E-state index contributed by atoms with van der Waals surface area (Å²) in [6, 6.07) is 11.4. The smallest absolute Gasteiger partial charge is 0.267 e. The van der Waals surface area contributed by atoms with Gasteiger partial charge in [0.2, 0.25) is 0 Å². The highest BCUT2D eigenvalue weighted by Crippen LogP contribution is 2.32. The summed E-state index contributed by atoms with van der Waals surface area (Å²) in [6.07, 6.45) is 6.35. The van der Waals surface area contributed by atoms with Gasteiger partial charge in [-0.2, -0.15) is 0 Å². The molecule has 3 rings (SSSR count). The van der Waals surface area contributed by atoms with Crippen LogP contribution in [0.3, 0.4) is 0 Å². The predicted molar refractivity (Wildman–Crippen MR) is 81.5 cm³/mol. The zero-order chi connectivity index (χ0) is 14.7. The number of carbonyl (C=O) groups is 1. The normalized spacial score (nSPS) is 14.7. The second kappa shape index (κ2) is 6.04. The van der Waals surface area contributed by atoms with Crippen molar-refractivity contribution in [2.75, 3.05) is 6.54 Å². The van der Waals surface area contributed by atoms with Gasteiger partial charge in [-0.1, -0.05) is 12.1 Å². The molecule has 1 aromatic carbocycles. The quantitative estimate of drug-likeness (QED) is 0.887. The number of nitrogens with zero attached hydrogens (tertiary/aromatic N) is 1. The van der Waals surface area contributed by atoms with Gasteiger partial charge in [-0.3, -0.25) is 4.79 Å². The van der Waals surface area contributed by atoms with Crippen LogP contribution in [0.4, 0.5) is 0 Å². The van der Waals surface area contributed by atoms with Gasteiger partial charge in [0.05, 0.1) is 0 Å². The second-order valence-corrected chi connectivity index (χ2v) is 5.56. The molecule has 110 valence electrons. The van der Waals surface area contributed by atoms with Crippen LogP contribution in [0.15, 0.2) is 42.6 Å². The summed E-state index contributed by atoms with van der Waals surface area (Å²) in [7, 11) is 0. The topological polar surface area (TPSA) is 54.3 Å². The van der Waals surface area contributed by atoms with Crippen LogP contribution in [0.5, 0.6) is 5.75 Å². The molecule has 0 atom stereocenters. The molecule has 0 spiro atoms. The molecule has 2 aromatic rings. The summed E-state index contributed by atoms with van der Waals surface area (Å²) in [6.45, 7) is 0.597. The SMILES string of the molecule is O=C(NCCc1ccc(O)cc1)c1cccn1C1CCC1. The van der Waals surface area contributed by atoms with Crippen molar-refractivity contribution in [1.29, 1.82) is 0 Å². The highest BCUT2D eigenvalue weighted by atomic mass is 16.3. The number of carbonyl (C=O) groups excluding carboxylic acids is 1. The fourth-order valence-electron chi connectivity index (χ4n) is 2.64. The number of hydrogen-bond acceptors (Lipinski definition) is 2. The third-order valence-electron chi connectivity index (χ3n) is 4.12. The van der Waals surface area contributed by atoms with E-state index in [2.05, 4.69) is 9.88 Å². The predicted octanol–water partition coefficient (Wildman–Crippen LogP) is 2.89. The molecule has 4 nitrogen and oxygen atoms in total. The Hall–Kier alpha value is -2.23. The fraction of sp³-hybridized carbons (Fsp3) is 0.353. The van der Waals surface area contributed by atoms with Crippen molar-refractivity contribution in [3.05, 3.63) is 53.9 Å². The lowest BCUT2D eigenvalue weighted by molar-refractivity contribution is 0.0939. The zero-order valence-corrected chi connectivity index (χ0v) is 12.0. The molecule has 0 bridgehead atoms. The molecule has 0 aliphatic heterocycles. The van der Waals surface area contributed by atoms with Gasteiger partial charge in [-0.05, 0) is 55.5 Å². The molecule has 1 heterocycles. The first-order valence-electron chi connectivity index (χ1n) is 7.47. The Bertz CT molecular complexity index is 612. The zero-order valence-electron chi connectivity index (χ0n) is 12.0. The number of benzene rings is 1. The third kappa shape index (κ3) is 3.10. The van der Waals surface area contributed by atoms with Crippen molar-refractivity contribution in [2.24, 2.45) is 0 Å². The van der Waals surface area contributed by atoms with Crippen LogP contribution in [0.1, 0.15) is 41.4 Å². The molecule has 1 aliphatic carbocycles. The first kappa shape index (κ1) is 13.7. The van der Waals surface area contributed by atoms with Crippen molar-refractivity contribution in [2.45, 2.75) is 31.7 Å². The lowest BCUT2D eigenvalue weighted by Gasteiger charge is -2.28. The lowest BCUT2D eigenvalue weighted by Crippen LogP contribution is -2.30. The van der Waals surface area contributed by atoms with Crippen molar-refractivity contribution in [1.82, 2.24) is 9.88 Å². The van der Waals surface area contributed by atoms with E-state index in [0.717, 1.165) is 17.7 Å². The van der Waals surface area contributed by atoms with E-state index in [4.69, 9.17) is 0 Å². The van der Waals surface area contributed by atoms with Gasteiger partial charge in [-0.15, -0.1) is 0 Å². The Morgan fingerprint density at radius 2 is 2.00 bits per heavy atom. The van der Waals surface area contributed by atoms with Crippen LogP contribution in [0.25, 0.3) is 0 Å². The number of rotatable bonds is 5. The van der Waals surface area contributed by atoms with E-state index < -0.39 is 0 Å². The van der Waals surface area contributed by atoms with Crippen molar-refractivity contribution in [3.63, 3.8) is 0 Å². The monoisotopic (exact) mass is 284 g/mol. The van der Waals surface area contributed by atoms with Gasteiger partial charge in [0.15, 0.2) is 0 Å². The molecule has 0 unspecified atom stereocenters. The maximum atomic E-state index is 12.2. The molecule has 1 aliphatic rings. The minimum atomic E-state index is -0.00863. The second-order valence-electron chi connectivity index (χ2n) is 5.56. The Labute approximate surface area is 124 Å². The Morgan fingerprint density at radius 3 is 2.67 bits per heavy atom. The van der Waals surface area contributed by atoms with Gasteiger partial charge >= 0.3 is 0 Å². The average molecular weight is 284 g/mol. The number of aromatic hydroxyl groups is 1. The maximum Gasteiger partial charge on any atom is 0.267 e. The number of nitrogens with one attached hydrogen (secondary N) is 1. The highest BCUT2D eigenvalue weighted by molar-refractivity contribution is 5.92. The van der Waals surface area contributed by atoms with Crippen LogP contribution in [-0.4, -0.2) is 22.1 Å². The van der Waals surface area contributed by atoms with Crippen LogP contribution in [-0.2, 0) is 6.42 Å². The largest absolute Gasteiger partial charge is 0.508 e. The van der Waals surface area contributed by atoms with Crippen molar-refractivity contribution in [3.8, 4) is 5.75 Å². The van der Waals surface area contributed by atoms with E-state index in [-0.39, 0.29) is 11.7 Å². The average Bonchev–Trinajstić information content (AvgIpc) is 2.88. The van der Waals surface area contributed by atoms with Gasteiger partial charge in [0.25, 0.3) is 5.91 Å². The summed E-state index contributed by atoms with van der Waals surface area (Å²) in [5.41, 5.74) is 1.85. The van der Waals surface area contributed by atoms with Crippen LogP contribution < -0.4 is 5.32 Å². The van der Waals surface area contributed by atoms with Gasteiger partial charge in [-0.25, -0.2) is 0 Å². The Balaban J connectivity index is 1.54. The summed E-state index contributed by atoms with van der Waals surface area (Å²) in [5.74, 6) is 0.256. The molecule has 0 saturated heterocycles. The molecule has 1 amide bonds. The molecule has 4 heteroatoms. The molecule has 21 heavy (non-hydrogen) atoms. The summed E-state index contributed by atoms with van der Waals surface area (Å²) in [5, 5.41) is 12.2. The number of amides is 1. The molecule has 1 saturated carbocycles. The number of phenolic OH excluding ortho intramolecular Hbond substituents is 1. The highest BCUT2D eigenvalue weighted by Gasteiger charge is 2.22. The minimum absolute atomic E-state index is 0.00863. The summed E-state index contributed by atoms with van der Waals surface area (Å²) < 4.78 is 2.10. The van der Waals surface area contributed by atoms with E-state index in [0.29, 0.717) is 12.6 Å². The molecular formula is C17H20N2O2. The standard InChI is InChI=1S/C17H20N2O2/c20-15-8-6-13(7-9-15)10-11-18-17(21)16-5-2-12-19(16)14-3-1-4-14/h2,5-9,12,14,20H,1,3-4,10-11H2,(H,18,21). The summed E-state index contributed by atoms with van der Waals surface area (Å²) in [4.78, 5) is 12.2.